The normalized spacial score (nSPS) is 10.0. The first-order valence-corrected chi connectivity index (χ1v) is 9.22. The van der Waals surface area contributed by atoms with Gasteiger partial charge in [0.05, 0.1) is 0 Å². The fraction of sp³-hybridized carbons (Fsp3) is 0.174. The molecule has 0 aromatic heterocycles. The van der Waals surface area contributed by atoms with Crippen LogP contribution in [0, 0.1) is 0 Å². The van der Waals surface area contributed by atoms with E-state index in [4.69, 9.17) is 15.0 Å². The van der Waals surface area contributed by atoms with Crippen molar-refractivity contribution in [2.45, 2.75) is 12.8 Å². The number of hydrogen-bond acceptors (Lipinski definition) is 4. The van der Waals surface area contributed by atoms with Gasteiger partial charge < -0.3 is 25.3 Å². The quantitative estimate of drug-likeness (QED) is 0.472. The Hall–Kier alpha value is -3.35. The van der Waals surface area contributed by atoms with Gasteiger partial charge in [-0.3, -0.25) is 0 Å². The Bertz CT molecular complexity index is 845. The summed E-state index contributed by atoms with van der Waals surface area (Å²) in [4.78, 5) is 10.8. The fourth-order valence-electron chi connectivity index (χ4n) is 2.98. The van der Waals surface area contributed by atoms with Crippen molar-refractivity contribution in [2.24, 2.45) is 0 Å². The first-order valence-electron chi connectivity index (χ1n) is 9.22. The summed E-state index contributed by atoms with van der Waals surface area (Å²) in [6, 6.07) is 26.7. The van der Waals surface area contributed by atoms with E-state index in [1.165, 1.54) is 0 Å². The first-order chi connectivity index (χ1) is 14.0. The molecule has 29 heavy (non-hydrogen) atoms. The fourth-order valence-corrected chi connectivity index (χ4v) is 2.98. The van der Waals surface area contributed by atoms with Gasteiger partial charge in [0, 0.05) is 30.3 Å². The molecule has 0 aliphatic carbocycles. The summed E-state index contributed by atoms with van der Waals surface area (Å²) in [5.41, 5.74) is 5.39. The molecule has 0 aliphatic rings. The Morgan fingerprint density at radius 3 is 1.48 bits per heavy atom. The van der Waals surface area contributed by atoms with Crippen molar-refractivity contribution in [2.75, 3.05) is 18.1 Å². The van der Waals surface area contributed by atoms with Gasteiger partial charge in [-0.15, -0.1) is 0 Å². The van der Waals surface area contributed by atoms with E-state index >= 15 is 0 Å². The summed E-state index contributed by atoms with van der Waals surface area (Å²) in [7, 11) is 0. The highest BCUT2D eigenvalue weighted by Crippen LogP contribution is 2.35. The number of aliphatic hydroxyl groups excluding tert-OH is 2. The molecule has 152 valence electrons. The zero-order valence-corrected chi connectivity index (χ0v) is 16.0. The molecular weight excluding hydrogens is 370 g/mol. The first kappa shape index (κ1) is 21.9. The van der Waals surface area contributed by atoms with Gasteiger partial charge in [0.1, 0.15) is 0 Å². The van der Waals surface area contributed by atoms with Gasteiger partial charge in [-0.25, -0.2) is 4.79 Å². The Balaban J connectivity index is 0.000000687. The van der Waals surface area contributed by atoms with Gasteiger partial charge >= 0.3 is 6.16 Å². The van der Waals surface area contributed by atoms with Crippen molar-refractivity contribution in [1.29, 1.82) is 0 Å². The van der Waals surface area contributed by atoms with Crippen LogP contribution in [0.15, 0.2) is 78.9 Å². The number of hydrogen-bond donors (Lipinski definition) is 4. The van der Waals surface area contributed by atoms with Crippen LogP contribution in [0.2, 0.25) is 0 Å². The highest BCUT2D eigenvalue weighted by molar-refractivity contribution is 5.77. The SMILES string of the molecule is O=C(O)O.OCCc1cccc(N(c2ccccc2)c2cccc(CCO)c2)c1. The number of anilines is 3. The zero-order chi connectivity index (χ0) is 21.1. The number of carboxylic acid groups (broad SMARTS) is 2. The van der Waals surface area contributed by atoms with Crippen LogP contribution in [0.5, 0.6) is 0 Å². The maximum absolute atomic E-state index is 9.24. The van der Waals surface area contributed by atoms with E-state index < -0.39 is 6.16 Å². The van der Waals surface area contributed by atoms with Gasteiger partial charge in [-0.1, -0.05) is 42.5 Å². The van der Waals surface area contributed by atoms with Crippen LogP contribution in [-0.2, 0) is 12.8 Å². The van der Waals surface area contributed by atoms with Crippen molar-refractivity contribution >= 4 is 23.2 Å². The largest absolute Gasteiger partial charge is 0.503 e. The van der Waals surface area contributed by atoms with Crippen LogP contribution in [-0.4, -0.2) is 39.8 Å². The summed E-state index contributed by atoms with van der Waals surface area (Å²) in [5, 5.41) is 32.4. The lowest BCUT2D eigenvalue weighted by molar-refractivity contribution is 0.137. The molecule has 0 unspecified atom stereocenters. The highest BCUT2D eigenvalue weighted by atomic mass is 16.6. The second kappa shape index (κ2) is 11.5. The molecule has 0 fully saturated rings. The number of nitrogens with zero attached hydrogens (tertiary/aromatic N) is 1. The molecule has 3 aromatic carbocycles. The van der Waals surface area contributed by atoms with Gasteiger partial charge in [0.2, 0.25) is 0 Å². The minimum absolute atomic E-state index is 0.140. The second-order valence-corrected chi connectivity index (χ2v) is 6.24. The third-order valence-corrected chi connectivity index (χ3v) is 4.15. The summed E-state index contributed by atoms with van der Waals surface area (Å²) in [6.07, 6.45) is -0.554. The molecule has 0 aliphatic heterocycles. The molecule has 0 amide bonds. The van der Waals surface area contributed by atoms with E-state index in [0.29, 0.717) is 12.8 Å². The third-order valence-electron chi connectivity index (χ3n) is 4.15. The van der Waals surface area contributed by atoms with Crippen molar-refractivity contribution < 1.29 is 25.2 Å². The van der Waals surface area contributed by atoms with E-state index in [9.17, 15) is 10.2 Å². The van der Waals surface area contributed by atoms with Crippen molar-refractivity contribution in [3.05, 3.63) is 90.0 Å². The average Bonchev–Trinajstić information content (AvgIpc) is 2.70. The van der Waals surface area contributed by atoms with Crippen LogP contribution < -0.4 is 4.90 Å². The topological polar surface area (TPSA) is 101 Å². The lowest BCUT2D eigenvalue weighted by Crippen LogP contribution is -2.10. The molecular formula is C23H25NO5. The Morgan fingerprint density at radius 2 is 1.07 bits per heavy atom. The molecule has 0 spiro atoms. The van der Waals surface area contributed by atoms with Crippen molar-refractivity contribution in [1.82, 2.24) is 0 Å². The molecule has 0 saturated carbocycles. The summed E-state index contributed by atoms with van der Waals surface area (Å²) in [6.45, 7) is 0.279. The van der Waals surface area contributed by atoms with Crippen LogP contribution in [0.1, 0.15) is 11.1 Å². The van der Waals surface area contributed by atoms with E-state index in [2.05, 4.69) is 41.3 Å². The number of carbonyl (C=O) groups is 1. The standard InChI is InChI=1S/C22H23NO2.CH2O3/c24-14-12-18-6-4-10-21(16-18)23(20-8-2-1-3-9-20)22-11-5-7-19(17-22)13-15-25;2-1(3)4/h1-11,16-17,24-25H,12-15H2;(H2,2,3,4). The number of para-hydroxylation sites is 1. The number of benzene rings is 3. The summed E-state index contributed by atoms with van der Waals surface area (Å²) < 4.78 is 0. The van der Waals surface area contributed by atoms with Crippen LogP contribution in [0.4, 0.5) is 21.9 Å². The molecule has 0 saturated heterocycles. The second-order valence-electron chi connectivity index (χ2n) is 6.24. The summed E-state index contributed by atoms with van der Waals surface area (Å²) in [5.74, 6) is 0. The minimum atomic E-state index is -1.83. The van der Waals surface area contributed by atoms with Gasteiger partial charge in [-0.2, -0.15) is 0 Å². The number of aliphatic hydroxyl groups is 2. The zero-order valence-electron chi connectivity index (χ0n) is 16.0. The maximum atomic E-state index is 9.24. The number of rotatable bonds is 7. The van der Waals surface area contributed by atoms with E-state index in [-0.39, 0.29) is 13.2 Å². The lowest BCUT2D eigenvalue weighted by atomic mass is 10.1. The Labute approximate surface area is 169 Å². The maximum Gasteiger partial charge on any atom is 0.503 e. The molecule has 0 atom stereocenters. The molecule has 4 N–H and O–H groups in total. The van der Waals surface area contributed by atoms with Crippen molar-refractivity contribution in [3.63, 3.8) is 0 Å². The Morgan fingerprint density at radius 1 is 0.655 bits per heavy atom. The predicted molar refractivity (Wildman–Crippen MR) is 113 cm³/mol. The van der Waals surface area contributed by atoms with Gasteiger partial charge in [0.15, 0.2) is 0 Å². The monoisotopic (exact) mass is 395 g/mol. The third kappa shape index (κ3) is 6.95. The smallest absolute Gasteiger partial charge is 0.450 e. The summed E-state index contributed by atoms with van der Waals surface area (Å²) >= 11 is 0. The predicted octanol–water partition coefficient (Wildman–Crippen LogP) is 4.45. The van der Waals surface area contributed by atoms with Crippen LogP contribution in [0.25, 0.3) is 0 Å². The molecule has 0 heterocycles. The Kier molecular flexibility index (Phi) is 8.69. The van der Waals surface area contributed by atoms with Gasteiger partial charge in [-0.05, 0) is 60.4 Å². The van der Waals surface area contributed by atoms with Crippen LogP contribution >= 0.6 is 0 Å². The molecule has 6 nitrogen and oxygen atoms in total. The van der Waals surface area contributed by atoms with Crippen molar-refractivity contribution in [3.8, 4) is 0 Å². The minimum Gasteiger partial charge on any atom is -0.450 e. The molecule has 0 bridgehead atoms. The van der Waals surface area contributed by atoms with Gasteiger partial charge in [0.25, 0.3) is 0 Å². The molecule has 3 rings (SSSR count). The molecule has 6 heteroatoms. The average molecular weight is 395 g/mol. The lowest BCUT2D eigenvalue weighted by Gasteiger charge is -2.26. The molecule has 3 aromatic rings. The van der Waals surface area contributed by atoms with Crippen LogP contribution in [0.3, 0.4) is 0 Å². The van der Waals surface area contributed by atoms with E-state index in [1.54, 1.807) is 0 Å². The highest BCUT2D eigenvalue weighted by Gasteiger charge is 2.13. The van der Waals surface area contributed by atoms with E-state index in [1.807, 2.05) is 42.5 Å². The molecule has 0 radical (unpaired) electrons. The van der Waals surface area contributed by atoms with E-state index in [0.717, 1.165) is 28.2 Å².